The fraction of sp³-hybridized carbons (Fsp3) is 0.250. The average molecular weight is 355 g/mol. The molecule has 0 saturated heterocycles. The Hall–Kier alpha value is -2.46. The van der Waals surface area contributed by atoms with E-state index < -0.39 is 0 Å². The summed E-state index contributed by atoms with van der Waals surface area (Å²) in [6.45, 7) is 1.26. The van der Waals surface area contributed by atoms with Crippen molar-refractivity contribution in [1.82, 2.24) is 9.47 Å². The molecule has 1 aromatic carbocycles. The molecular formula is C20H19ClN2O2. The van der Waals surface area contributed by atoms with Gasteiger partial charge in [0.1, 0.15) is 0 Å². The van der Waals surface area contributed by atoms with E-state index in [0.29, 0.717) is 24.9 Å². The van der Waals surface area contributed by atoms with Gasteiger partial charge in [0.15, 0.2) is 5.76 Å². The molecule has 1 aliphatic rings. The second kappa shape index (κ2) is 6.81. The summed E-state index contributed by atoms with van der Waals surface area (Å²) < 4.78 is 7.44. The van der Waals surface area contributed by atoms with E-state index in [1.54, 1.807) is 18.4 Å². The molecule has 0 bridgehead atoms. The van der Waals surface area contributed by atoms with Gasteiger partial charge >= 0.3 is 0 Å². The number of benzene rings is 1. The molecule has 1 saturated carbocycles. The molecule has 0 atom stereocenters. The highest BCUT2D eigenvalue weighted by molar-refractivity contribution is 6.31. The number of rotatable bonds is 6. The Labute approximate surface area is 151 Å². The predicted octanol–water partition coefficient (Wildman–Crippen LogP) is 4.59. The minimum Gasteiger partial charge on any atom is -0.459 e. The first-order valence-corrected chi connectivity index (χ1v) is 8.82. The van der Waals surface area contributed by atoms with E-state index in [9.17, 15) is 4.79 Å². The van der Waals surface area contributed by atoms with Crippen molar-refractivity contribution in [2.24, 2.45) is 0 Å². The van der Waals surface area contributed by atoms with E-state index in [1.165, 1.54) is 0 Å². The Morgan fingerprint density at radius 1 is 1.16 bits per heavy atom. The molecule has 2 aromatic heterocycles. The second-order valence-corrected chi connectivity index (χ2v) is 6.77. The highest BCUT2D eigenvalue weighted by Crippen LogP contribution is 2.30. The van der Waals surface area contributed by atoms with E-state index in [-0.39, 0.29) is 5.91 Å². The zero-order valence-electron chi connectivity index (χ0n) is 13.8. The summed E-state index contributed by atoms with van der Waals surface area (Å²) in [4.78, 5) is 14.7. The first-order valence-electron chi connectivity index (χ1n) is 8.44. The summed E-state index contributed by atoms with van der Waals surface area (Å²) in [7, 11) is 0. The molecule has 1 fully saturated rings. The molecule has 0 unspecified atom stereocenters. The molecule has 1 aliphatic carbocycles. The normalized spacial score (nSPS) is 13.8. The number of hydrogen-bond acceptors (Lipinski definition) is 2. The van der Waals surface area contributed by atoms with Crippen LogP contribution in [0.25, 0.3) is 0 Å². The van der Waals surface area contributed by atoms with Gasteiger partial charge in [0.25, 0.3) is 5.91 Å². The monoisotopic (exact) mass is 354 g/mol. The third-order valence-electron chi connectivity index (χ3n) is 4.53. The fourth-order valence-corrected chi connectivity index (χ4v) is 3.22. The van der Waals surface area contributed by atoms with Gasteiger partial charge in [-0.2, -0.15) is 0 Å². The number of furan rings is 1. The third-order valence-corrected chi connectivity index (χ3v) is 4.90. The topological polar surface area (TPSA) is 38.4 Å². The maximum Gasteiger partial charge on any atom is 0.290 e. The molecule has 4 nitrogen and oxygen atoms in total. The van der Waals surface area contributed by atoms with Crippen molar-refractivity contribution in [3.63, 3.8) is 0 Å². The SMILES string of the molecule is O=C(c1ccco1)N(Cc1cccn1Cc1ccccc1Cl)C1CC1. The third kappa shape index (κ3) is 3.49. The van der Waals surface area contributed by atoms with Gasteiger partial charge in [-0.05, 0) is 48.7 Å². The lowest BCUT2D eigenvalue weighted by Crippen LogP contribution is -2.33. The average Bonchev–Trinajstić information content (AvgIpc) is 3.13. The zero-order valence-corrected chi connectivity index (χ0v) is 14.5. The predicted molar refractivity (Wildman–Crippen MR) is 96.6 cm³/mol. The van der Waals surface area contributed by atoms with Crippen molar-refractivity contribution in [2.75, 3.05) is 0 Å². The number of halogens is 1. The van der Waals surface area contributed by atoms with Crippen LogP contribution in [0.15, 0.2) is 65.4 Å². The van der Waals surface area contributed by atoms with Crippen molar-refractivity contribution in [2.45, 2.75) is 32.0 Å². The van der Waals surface area contributed by atoms with E-state index in [2.05, 4.69) is 10.6 Å². The van der Waals surface area contributed by atoms with E-state index in [4.69, 9.17) is 16.0 Å². The summed E-state index contributed by atoms with van der Waals surface area (Å²) >= 11 is 6.29. The first-order chi connectivity index (χ1) is 12.2. The number of aromatic nitrogens is 1. The Morgan fingerprint density at radius 3 is 2.72 bits per heavy atom. The molecule has 3 aromatic rings. The second-order valence-electron chi connectivity index (χ2n) is 6.36. The van der Waals surface area contributed by atoms with Gasteiger partial charge in [-0.1, -0.05) is 29.8 Å². The van der Waals surface area contributed by atoms with Crippen LogP contribution >= 0.6 is 11.6 Å². The van der Waals surface area contributed by atoms with Gasteiger partial charge in [-0.25, -0.2) is 0 Å². The van der Waals surface area contributed by atoms with Crippen LogP contribution in [0.3, 0.4) is 0 Å². The maximum atomic E-state index is 12.7. The molecule has 25 heavy (non-hydrogen) atoms. The molecule has 0 aliphatic heterocycles. The zero-order chi connectivity index (χ0) is 17.2. The van der Waals surface area contributed by atoms with Crippen molar-refractivity contribution < 1.29 is 9.21 Å². The summed E-state index contributed by atoms with van der Waals surface area (Å²) in [6.07, 6.45) is 5.68. The van der Waals surface area contributed by atoms with E-state index >= 15 is 0 Å². The molecule has 5 heteroatoms. The fourth-order valence-electron chi connectivity index (χ4n) is 3.03. The molecule has 2 heterocycles. The quantitative estimate of drug-likeness (QED) is 0.649. The molecule has 0 radical (unpaired) electrons. The molecule has 0 spiro atoms. The minimum absolute atomic E-state index is 0.0435. The number of carbonyl (C=O) groups is 1. The smallest absolute Gasteiger partial charge is 0.290 e. The van der Waals surface area contributed by atoms with Crippen LogP contribution in [0.1, 0.15) is 34.7 Å². The standard InChI is InChI=1S/C20H19ClN2O2/c21-18-7-2-1-5-15(18)13-22-11-3-6-17(22)14-23(16-9-10-16)20(24)19-8-4-12-25-19/h1-8,11-12,16H,9-10,13-14H2. The van der Waals surface area contributed by atoms with Crippen LogP contribution in [0, 0.1) is 0 Å². The Morgan fingerprint density at radius 2 is 2.00 bits per heavy atom. The maximum absolute atomic E-state index is 12.7. The Balaban J connectivity index is 1.55. The number of amides is 1. The van der Waals surface area contributed by atoms with Gasteiger partial charge in [-0.15, -0.1) is 0 Å². The largest absolute Gasteiger partial charge is 0.459 e. The van der Waals surface area contributed by atoms with Crippen molar-refractivity contribution >= 4 is 17.5 Å². The lowest BCUT2D eigenvalue weighted by molar-refractivity contribution is 0.0693. The lowest BCUT2D eigenvalue weighted by Gasteiger charge is -2.22. The molecule has 1 amide bonds. The Bertz CT molecular complexity index is 865. The van der Waals surface area contributed by atoms with Gasteiger partial charge in [0, 0.05) is 29.5 Å². The van der Waals surface area contributed by atoms with Gasteiger partial charge in [0.05, 0.1) is 12.8 Å². The summed E-state index contributed by atoms with van der Waals surface area (Å²) in [6, 6.07) is 15.7. The van der Waals surface area contributed by atoms with E-state index in [1.807, 2.05) is 41.4 Å². The van der Waals surface area contributed by atoms with Crippen LogP contribution in [0.5, 0.6) is 0 Å². The van der Waals surface area contributed by atoms with Gasteiger partial charge < -0.3 is 13.9 Å². The molecule has 128 valence electrons. The summed E-state index contributed by atoms with van der Waals surface area (Å²) in [5.41, 5.74) is 2.16. The van der Waals surface area contributed by atoms with Gasteiger partial charge in [0.2, 0.25) is 0 Å². The summed E-state index contributed by atoms with van der Waals surface area (Å²) in [5.74, 6) is 0.356. The van der Waals surface area contributed by atoms with Crippen molar-refractivity contribution in [3.05, 3.63) is 83.0 Å². The van der Waals surface area contributed by atoms with Crippen LogP contribution < -0.4 is 0 Å². The lowest BCUT2D eigenvalue weighted by atomic mass is 10.2. The highest BCUT2D eigenvalue weighted by Gasteiger charge is 2.34. The first kappa shape index (κ1) is 16.0. The van der Waals surface area contributed by atoms with E-state index in [0.717, 1.165) is 29.1 Å². The number of nitrogens with zero attached hydrogens (tertiary/aromatic N) is 2. The van der Waals surface area contributed by atoms with Crippen molar-refractivity contribution in [1.29, 1.82) is 0 Å². The summed E-state index contributed by atoms with van der Waals surface area (Å²) in [5, 5.41) is 0.757. The molecule has 4 rings (SSSR count). The molecular weight excluding hydrogens is 336 g/mol. The van der Waals surface area contributed by atoms with Crippen molar-refractivity contribution in [3.8, 4) is 0 Å². The highest BCUT2D eigenvalue weighted by atomic mass is 35.5. The minimum atomic E-state index is -0.0435. The molecule has 0 N–H and O–H groups in total. The van der Waals surface area contributed by atoms with Gasteiger partial charge in [-0.3, -0.25) is 4.79 Å². The van der Waals surface area contributed by atoms with Crippen LogP contribution in [-0.2, 0) is 13.1 Å². The van der Waals surface area contributed by atoms with Crippen LogP contribution in [-0.4, -0.2) is 21.4 Å². The Kier molecular flexibility index (Phi) is 4.36. The van der Waals surface area contributed by atoms with Crippen LogP contribution in [0.4, 0.5) is 0 Å². The van der Waals surface area contributed by atoms with Crippen LogP contribution in [0.2, 0.25) is 5.02 Å². The number of hydrogen-bond donors (Lipinski definition) is 0. The number of carbonyl (C=O) groups excluding carboxylic acids is 1.